The Morgan fingerprint density at radius 3 is 2.21 bits per heavy atom. The van der Waals surface area contributed by atoms with Crippen molar-refractivity contribution in [2.24, 2.45) is 5.73 Å². The van der Waals surface area contributed by atoms with Crippen LogP contribution in [-0.2, 0) is 0 Å². The van der Waals surface area contributed by atoms with Gasteiger partial charge in [0.05, 0.1) is 0 Å². The van der Waals surface area contributed by atoms with Crippen LogP contribution in [0.1, 0.15) is 52.9 Å². The average molecular weight is 200 g/mol. The minimum Gasteiger partial charge on any atom is -0.329 e. The van der Waals surface area contributed by atoms with E-state index in [4.69, 9.17) is 5.73 Å². The highest BCUT2D eigenvalue weighted by Gasteiger charge is 2.26. The topological polar surface area (TPSA) is 29.3 Å². The number of rotatable bonds is 8. The molecule has 1 atom stereocenters. The quantitative estimate of drug-likeness (QED) is 0.610. The van der Waals surface area contributed by atoms with Crippen molar-refractivity contribution in [1.29, 1.82) is 0 Å². The Hall–Kier alpha value is -0.0800. The fourth-order valence-electron chi connectivity index (χ4n) is 1.81. The second-order valence-corrected chi connectivity index (χ2v) is 4.58. The second kappa shape index (κ2) is 7.24. The van der Waals surface area contributed by atoms with E-state index in [0.717, 1.165) is 13.1 Å². The summed E-state index contributed by atoms with van der Waals surface area (Å²) in [6.45, 7) is 8.68. The number of hydrogen-bond donors (Lipinski definition) is 1. The summed E-state index contributed by atoms with van der Waals surface area (Å²) in [6, 6.07) is 0. The minimum atomic E-state index is 0.213. The van der Waals surface area contributed by atoms with Crippen molar-refractivity contribution in [3.05, 3.63) is 0 Å². The SMILES string of the molecule is CCCCCC(C)(CN)N(C)CCC. The molecule has 0 aromatic heterocycles. The Balaban J connectivity index is 4.01. The van der Waals surface area contributed by atoms with E-state index in [1.807, 2.05) is 0 Å². The van der Waals surface area contributed by atoms with Gasteiger partial charge in [0.15, 0.2) is 0 Å². The third kappa shape index (κ3) is 4.43. The van der Waals surface area contributed by atoms with E-state index in [1.165, 1.54) is 32.1 Å². The van der Waals surface area contributed by atoms with Crippen LogP contribution in [0.15, 0.2) is 0 Å². The molecule has 0 aromatic carbocycles. The van der Waals surface area contributed by atoms with Gasteiger partial charge >= 0.3 is 0 Å². The maximum Gasteiger partial charge on any atom is 0.0300 e. The van der Waals surface area contributed by atoms with Gasteiger partial charge in [-0.25, -0.2) is 0 Å². The van der Waals surface area contributed by atoms with Crippen molar-refractivity contribution in [1.82, 2.24) is 4.90 Å². The normalized spacial score (nSPS) is 15.9. The maximum atomic E-state index is 5.88. The van der Waals surface area contributed by atoms with Crippen molar-refractivity contribution in [3.8, 4) is 0 Å². The summed E-state index contributed by atoms with van der Waals surface area (Å²) in [6.07, 6.45) is 6.36. The predicted octanol–water partition coefficient (Wildman–Crippen LogP) is 2.63. The van der Waals surface area contributed by atoms with E-state index in [2.05, 4.69) is 32.7 Å². The number of hydrogen-bond acceptors (Lipinski definition) is 2. The van der Waals surface area contributed by atoms with Gasteiger partial charge < -0.3 is 5.73 Å². The van der Waals surface area contributed by atoms with E-state index in [1.54, 1.807) is 0 Å². The minimum absolute atomic E-state index is 0.213. The summed E-state index contributed by atoms with van der Waals surface area (Å²) < 4.78 is 0. The summed E-state index contributed by atoms with van der Waals surface area (Å²) in [5.74, 6) is 0. The fourth-order valence-corrected chi connectivity index (χ4v) is 1.81. The third-order valence-corrected chi connectivity index (χ3v) is 3.24. The van der Waals surface area contributed by atoms with Crippen LogP contribution in [0.25, 0.3) is 0 Å². The molecule has 2 nitrogen and oxygen atoms in total. The van der Waals surface area contributed by atoms with Crippen LogP contribution in [-0.4, -0.2) is 30.6 Å². The smallest absolute Gasteiger partial charge is 0.0300 e. The van der Waals surface area contributed by atoms with Crippen LogP contribution in [0.4, 0.5) is 0 Å². The van der Waals surface area contributed by atoms with Gasteiger partial charge in [-0.05, 0) is 33.4 Å². The molecule has 0 aromatic rings. The number of likely N-dealkylation sites (N-methyl/N-ethyl adjacent to an activating group) is 1. The third-order valence-electron chi connectivity index (χ3n) is 3.24. The van der Waals surface area contributed by atoms with Crippen molar-refractivity contribution < 1.29 is 0 Å². The number of unbranched alkanes of at least 4 members (excludes halogenated alkanes) is 2. The zero-order valence-electron chi connectivity index (χ0n) is 10.5. The van der Waals surface area contributed by atoms with Crippen LogP contribution < -0.4 is 5.73 Å². The monoisotopic (exact) mass is 200 g/mol. The lowest BCUT2D eigenvalue weighted by Crippen LogP contribution is -2.49. The molecule has 0 spiro atoms. The first-order chi connectivity index (χ1) is 6.60. The first kappa shape index (κ1) is 13.9. The van der Waals surface area contributed by atoms with Gasteiger partial charge in [-0.3, -0.25) is 4.90 Å². The molecule has 0 aliphatic rings. The second-order valence-electron chi connectivity index (χ2n) is 4.58. The van der Waals surface area contributed by atoms with Gasteiger partial charge in [0.1, 0.15) is 0 Å². The predicted molar refractivity (Wildman–Crippen MR) is 64.5 cm³/mol. The Kier molecular flexibility index (Phi) is 7.20. The first-order valence-corrected chi connectivity index (χ1v) is 6.02. The van der Waals surface area contributed by atoms with E-state index >= 15 is 0 Å². The van der Waals surface area contributed by atoms with Crippen molar-refractivity contribution in [2.45, 2.75) is 58.4 Å². The highest BCUT2D eigenvalue weighted by atomic mass is 15.2. The van der Waals surface area contributed by atoms with E-state index < -0.39 is 0 Å². The Labute approximate surface area is 89.9 Å². The maximum absolute atomic E-state index is 5.88. The molecule has 0 fully saturated rings. The van der Waals surface area contributed by atoms with E-state index in [-0.39, 0.29) is 5.54 Å². The van der Waals surface area contributed by atoms with Crippen molar-refractivity contribution >= 4 is 0 Å². The molecule has 86 valence electrons. The molecule has 0 aliphatic carbocycles. The molecule has 0 bridgehead atoms. The molecule has 14 heavy (non-hydrogen) atoms. The van der Waals surface area contributed by atoms with Gasteiger partial charge in [-0.15, -0.1) is 0 Å². The molecule has 0 rings (SSSR count). The van der Waals surface area contributed by atoms with Crippen LogP contribution in [0.3, 0.4) is 0 Å². The van der Waals surface area contributed by atoms with Crippen LogP contribution >= 0.6 is 0 Å². The van der Waals surface area contributed by atoms with E-state index in [0.29, 0.717) is 0 Å². The summed E-state index contributed by atoms with van der Waals surface area (Å²) in [5.41, 5.74) is 6.09. The number of nitrogens with zero attached hydrogens (tertiary/aromatic N) is 1. The summed E-state index contributed by atoms with van der Waals surface area (Å²) in [5, 5.41) is 0. The first-order valence-electron chi connectivity index (χ1n) is 6.02. The summed E-state index contributed by atoms with van der Waals surface area (Å²) >= 11 is 0. The summed E-state index contributed by atoms with van der Waals surface area (Å²) in [7, 11) is 2.20. The Bertz CT molecular complexity index is 136. The molecule has 0 radical (unpaired) electrons. The standard InChI is InChI=1S/C12H28N2/c1-5-7-8-9-12(3,11-13)14(4)10-6-2/h5-11,13H2,1-4H3. The molecule has 2 N–H and O–H groups in total. The zero-order chi connectivity index (χ0) is 11.0. The highest BCUT2D eigenvalue weighted by Crippen LogP contribution is 2.20. The largest absolute Gasteiger partial charge is 0.329 e. The van der Waals surface area contributed by atoms with Gasteiger partial charge in [-0.1, -0.05) is 33.1 Å². The lowest BCUT2D eigenvalue weighted by atomic mass is 9.92. The number of nitrogens with two attached hydrogens (primary N) is 1. The Morgan fingerprint density at radius 1 is 1.14 bits per heavy atom. The van der Waals surface area contributed by atoms with Crippen LogP contribution in [0, 0.1) is 0 Å². The molecule has 0 aliphatic heterocycles. The van der Waals surface area contributed by atoms with Gasteiger partial charge in [0, 0.05) is 12.1 Å². The fraction of sp³-hybridized carbons (Fsp3) is 1.00. The van der Waals surface area contributed by atoms with Crippen LogP contribution in [0.5, 0.6) is 0 Å². The molecule has 0 amide bonds. The lowest BCUT2D eigenvalue weighted by molar-refractivity contribution is 0.131. The zero-order valence-corrected chi connectivity index (χ0v) is 10.5. The van der Waals surface area contributed by atoms with Crippen molar-refractivity contribution in [2.75, 3.05) is 20.1 Å². The molecular weight excluding hydrogens is 172 g/mol. The molecule has 0 saturated carbocycles. The van der Waals surface area contributed by atoms with Gasteiger partial charge in [0.2, 0.25) is 0 Å². The lowest BCUT2D eigenvalue weighted by Gasteiger charge is -2.38. The van der Waals surface area contributed by atoms with Gasteiger partial charge in [0.25, 0.3) is 0 Å². The Morgan fingerprint density at radius 2 is 1.79 bits per heavy atom. The van der Waals surface area contributed by atoms with E-state index in [9.17, 15) is 0 Å². The highest BCUT2D eigenvalue weighted by molar-refractivity contribution is 4.85. The van der Waals surface area contributed by atoms with Crippen molar-refractivity contribution in [3.63, 3.8) is 0 Å². The van der Waals surface area contributed by atoms with Crippen LogP contribution in [0.2, 0.25) is 0 Å². The summed E-state index contributed by atoms with van der Waals surface area (Å²) in [4.78, 5) is 2.42. The average Bonchev–Trinajstić information content (AvgIpc) is 2.18. The molecule has 0 saturated heterocycles. The molecule has 0 heterocycles. The van der Waals surface area contributed by atoms with Gasteiger partial charge in [-0.2, -0.15) is 0 Å². The molecule has 2 heteroatoms. The molecule has 1 unspecified atom stereocenters. The molecular formula is C12H28N2.